The molecule has 1 unspecified atom stereocenters. The minimum atomic E-state index is -0.597. The summed E-state index contributed by atoms with van der Waals surface area (Å²) in [6.45, 7) is 0. The fraction of sp³-hybridized carbons (Fsp3) is 0.143. The van der Waals surface area contributed by atoms with E-state index in [0.717, 1.165) is 5.56 Å². The van der Waals surface area contributed by atoms with Gasteiger partial charge in [-0.15, -0.1) is 0 Å². The number of esters is 1. The Hall–Kier alpha value is -2.07. The zero-order valence-corrected chi connectivity index (χ0v) is 11.1. The second kappa shape index (κ2) is 6.20. The third-order valence-corrected chi connectivity index (χ3v) is 2.81. The highest BCUT2D eigenvalue weighted by Gasteiger charge is 2.21. The van der Waals surface area contributed by atoms with Crippen LogP contribution in [-0.4, -0.2) is 18.1 Å². The van der Waals surface area contributed by atoms with Crippen LogP contribution < -0.4 is 5.32 Å². The minimum absolute atomic E-state index is 0.372. The Labute approximate surface area is 116 Å². The van der Waals surface area contributed by atoms with Gasteiger partial charge in [-0.3, -0.25) is 0 Å². The van der Waals surface area contributed by atoms with Gasteiger partial charge < -0.3 is 10.1 Å². The van der Waals surface area contributed by atoms with Crippen LogP contribution in [0.4, 0.5) is 5.82 Å². The molecule has 1 atom stereocenters. The maximum atomic E-state index is 11.8. The van der Waals surface area contributed by atoms with Crippen molar-refractivity contribution < 1.29 is 9.53 Å². The van der Waals surface area contributed by atoms with Gasteiger partial charge in [-0.05, 0) is 17.7 Å². The van der Waals surface area contributed by atoms with E-state index in [4.69, 9.17) is 16.3 Å². The van der Waals surface area contributed by atoms with Gasteiger partial charge in [0, 0.05) is 6.20 Å². The molecule has 1 aromatic carbocycles. The van der Waals surface area contributed by atoms with Gasteiger partial charge in [-0.25, -0.2) is 9.78 Å². The quantitative estimate of drug-likeness (QED) is 0.872. The lowest BCUT2D eigenvalue weighted by atomic mass is 10.1. The molecule has 0 bridgehead atoms. The molecular weight excluding hydrogens is 264 g/mol. The van der Waals surface area contributed by atoms with Crippen molar-refractivity contribution in [1.82, 2.24) is 4.98 Å². The van der Waals surface area contributed by atoms with E-state index in [1.54, 1.807) is 12.1 Å². The average Bonchev–Trinajstić information content (AvgIpc) is 2.47. The zero-order valence-electron chi connectivity index (χ0n) is 10.3. The molecule has 2 aromatic rings. The minimum Gasteiger partial charge on any atom is -0.467 e. The number of nitrogens with one attached hydrogen (secondary N) is 1. The Morgan fingerprint density at radius 2 is 2.00 bits per heavy atom. The van der Waals surface area contributed by atoms with Gasteiger partial charge in [0.05, 0.1) is 12.1 Å². The molecule has 1 heterocycles. The summed E-state index contributed by atoms with van der Waals surface area (Å²) < 4.78 is 4.81. The molecule has 0 aliphatic rings. The Kier molecular flexibility index (Phi) is 4.36. The van der Waals surface area contributed by atoms with Crippen LogP contribution in [0.1, 0.15) is 11.6 Å². The second-order valence-electron chi connectivity index (χ2n) is 3.87. The van der Waals surface area contributed by atoms with Crippen molar-refractivity contribution in [1.29, 1.82) is 0 Å². The number of hydrogen-bond donors (Lipinski definition) is 1. The largest absolute Gasteiger partial charge is 0.467 e. The second-order valence-corrected chi connectivity index (χ2v) is 4.31. The lowest BCUT2D eigenvalue weighted by Crippen LogP contribution is -2.22. The smallest absolute Gasteiger partial charge is 0.333 e. The summed E-state index contributed by atoms with van der Waals surface area (Å²) >= 11 is 5.77. The highest BCUT2D eigenvalue weighted by atomic mass is 35.5. The van der Waals surface area contributed by atoms with Gasteiger partial charge >= 0.3 is 5.97 Å². The molecule has 0 fully saturated rings. The summed E-state index contributed by atoms with van der Waals surface area (Å²) in [5.74, 6) is 0.187. The molecule has 0 amide bonds. The van der Waals surface area contributed by atoms with Crippen molar-refractivity contribution in [2.75, 3.05) is 12.4 Å². The summed E-state index contributed by atoms with van der Waals surface area (Å²) in [5, 5.41) is 3.57. The van der Waals surface area contributed by atoms with E-state index in [1.807, 2.05) is 30.3 Å². The van der Waals surface area contributed by atoms with Crippen molar-refractivity contribution in [2.45, 2.75) is 6.04 Å². The lowest BCUT2D eigenvalue weighted by molar-refractivity contribution is -0.141. The van der Waals surface area contributed by atoms with Crippen molar-refractivity contribution in [3.63, 3.8) is 0 Å². The van der Waals surface area contributed by atoms with Crippen LogP contribution in [0.15, 0.2) is 48.7 Å². The average molecular weight is 277 g/mol. The number of halogens is 1. The predicted octanol–water partition coefficient (Wildman–Crippen LogP) is 3.06. The topological polar surface area (TPSA) is 51.2 Å². The Morgan fingerprint density at radius 3 is 2.58 bits per heavy atom. The standard InChI is InChI=1S/C14H13ClN2O2/c1-19-14(18)13(10-5-3-2-4-6-10)17-12-8-7-11(15)9-16-12/h2-9,13H,1H3,(H,16,17). The summed E-state index contributed by atoms with van der Waals surface area (Å²) in [6.07, 6.45) is 1.52. The first-order valence-corrected chi connectivity index (χ1v) is 6.09. The van der Waals surface area contributed by atoms with Crippen LogP contribution in [0.3, 0.4) is 0 Å². The van der Waals surface area contributed by atoms with Gasteiger partial charge in [-0.1, -0.05) is 41.9 Å². The number of benzene rings is 1. The molecule has 19 heavy (non-hydrogen) atoms. The Balaban J connectivity index is 2.24. The van der Waals surface area contributed by atoms with Crippen LogP contribution in [0.25, 0.3) is 0 Å². The first kappa shape index (κ1) is 13.4. The van der Waals surface area contributed by atoms with E-state index < -0.39 is 6.04 Å². The molecule has 0 saturated carbocycles. The number of pyridine rings is 1. The molecule has 98 valence electrons. The highest BCUT2D eigenvalue weighted by molar-refractivity contribution is 6.30. The van der Waals surface area contributed by atoms with Gasteiger partial charge in [0.25, 0.3) is 0 Å². The van der Waals surface area contributed by atoms with Gasteiger partial charge in [0.15, 0.2) is 6.04 Å². The van der Waals surface area contributed by atoms with Crippen LogP contribution in [0, 0.1) is 0 Å². The molecule has 0 radical (unpaired) electrons. The van der Waals surface area contributed by atoms with Crippen LogP contribution in [0.5, 0.6) is 0 Å². The van der Waals surface area contributed by atoms with E-state index in [2.05, 4.69) is 10.3 Å². The van der Waals surface area contributed by atoms with E-state index in [0.29, 0.717) is 10.8 Å². The summed E-state index contributed by atoms with van der Waals surface area (Å²) in [5.41, 5.74) is 0.811. The molecule has 0 saturated heterocycles. The van der Waals surface area contributed by atoms with E-state index >= 15 is 0 Å². The van der Waals surface area contributed by atoms with Crippen molar-refractivity contribution >= 4 is 23.4 Å². The molecule has 0 aliphatic carbocycles. The van der Waals surface area contributed by atoms with Crippen LogP contribution >= 0.6 is 11.6 Å². The third-order valence-electron chi connectivity index (χ3n) is 2.59. The van der Waals surface area contributed by atoms with Crippen molar-refractivity contribution in [3.8, 4) is 0 Å². The number of anilines is 1. The van der Waals surface area contributed by atoms with Crippen LogP contribution in [-0.2, 0) is 9.53 Å². The molecule has 5 heteroatoms. The fourth-order valence-corrected chi connectivity index (χ4v) is 1.76. The number of hydrogen-bond acceptors (Lipinski definition) is 4. The van der Waals surface area contributed by atoms with E-state index in [1.165, 1.54) is 13.3 Å². The maximum absolute atomic E-state index is 11.8. The summed E-state index contributed by atoms with van der Waals surface area (Å²) in [6, 6.07) is 12.1. The number of nitrogens with zero attached hydrogens (tertiary/aromatic N) is 1. The lowest BCUT2D eigenvalue weighted by Gasteiger charge is -2.17. The molecule has 0 spiro atoms. The van der Waals surface area contributed by atoms with E-state index in [-0.39, 0.29) is 5.97 Å². The number of methoxy groups -OCH3 is 1. The first-order valence-electron chi connectivity index (χ1n) is 5.71. The molecule has 2 rings (SSSR count). The first-order chi connectivity index (χ1) is 9.20. The third kappa shape index (κ3) is 3.45. The highest BCUT2D eigenvalue weighted by Crippen LogP contribution is 2.20. The molecule has 1 aromatic heterocycles. The Bertz CT molecular complexity index is 543. The molecule has 4 nitrogen and oxygen atoms in total. The number of carbonyl (C=O) groups excluding carboxylic acids is 1. The van der Waals surface area contributed by atoms with Crippen LogP contribution in [0.2, 0.25) is 5.02 Å². The number of rotatable bonds is 4. The Morgan fingerprint density at radius 1 is 1.26 bits per heavy atom. The monoisotopic (exact) mass is 276 g/mol. The zero-order chi connectivity index (χ0) is 13.7. The number of carbonyl (C=O) groups is 1. The predicted molar refractivity (Wildman–Crippen MR) is 74.1 cm³/mol. The number of ether oxygens (including phenoxy) is 1. The number of aromatic nitrogens is 1. The molecule has 1 N–H and O–H groups in total. The van der Waals surface area contributed by atoms with Gasteiger partial charge in [0.2, 0.25) is 0 Å². The normalized spacial score (nSPS) is 11.7. The maximum Gasteiger partial charge on any atom is 0.333 e. The van der Waals surface area contributed by atoms with Crippen molar-refractivity contribution in [3.05, 3.63) is 59.2 Å². The van der Waals surface area contributed by atoms with E-state index in [9.17, 15) is 4.79 Å². The van der Waals surface area contributed by atoms with Gasteiger partial charge in [-0.2, -0.15) is 0 Å². The SMILES string of the molecule is COC(=O)C(Nc1ccc(Cl)cn1)c1ccccc1. The molecular formula is C14H13ClN2O2. The van der Waals surface area contributed by atoms with Gasteiger partial charge in [0.1, 0.15) is 5.82 Å². The van der Waals surface area contributed by atoms with Crippen molar-refractivity contribution in [2.24, 2.45) is 0 Å². The fourth-order valence-electron chi connectivity index (χ4n) is 1.65. The summed E-state index contributed by atoms with van der Waals surface area (Å²) in [7, 11) is 1.36. The summed E-state index contributed by atoms with van der Waals surface area (Å²) in [4.78, 5) is 16.0. The molecule has 0 aliphatic heterocycles.